The summed E-state index contributed by atoms with van der Waals surface area (Å²) in [5.74, 6) is -3.86. The zero-order valence-corrected chi connectivity index (χ0v) is 20.1. The molecule has 0 aliphatic heterocycles. The number of carboxylic acids is 1. The van der Waals surface area contributed by atoms with Crippen molar-refractivity contribution in [3.8, 4) is 11.5 Å². The fourth-order valence-electron chi connectivity index (χ4n) is 2.72. The largest absolute Gasteiger partial charge is 0.481 e. The molecule has 2 rings (SSSR count). The number of anilines is 1. The number of hydrogen-bond acceptors (Lipinski definition) is 5. The summed E-state index contributed by atoms with van der Waals surface area (Å²) < 4.78 is 72.7. The highest BCUT2D eigenvalue weighted by atomic mass is 35.5. The van der Waals surface area contributed by atoms with Crippen LogP contribution in [0.25, 0.3) is 0 Å². The van der Waals surface area contributed by atoms with Crippen LogP contribution in [0.5, 0.6) is 11.5 Å². The van der Waals surface area contributed by atoms with Gasteiger partial charge in [0.1, 0.15) is 18.2 Å². The van der Waals surface area contributed by atoms with Gasteiger partial charge in [-0.25, -0.2) is 12.8 Å². The number of carbonyl (C=O) groups is 2. The highest BCUT2D eigenvalue weighted by molar-refractivity contribution is 7.92. The van der Waals surface area contributed by atoms with E-state index in [0.29, 0.717) is 0 Å². The summed E-state index contributed by atoms with van der Waals surface area (Å²) >= 11 is 5.96. The third-order valence-electron chi connectivity index (χ3n) is 4.48. The standard InChI is InChI=1S/C22H23ClF3NO6S/c1-21(2,3)20(30)27-15-4-5-18(17(12-15)22(25,26)34(31,32)7-6-24)33-16-9-13(10-19(28)29)8-14(23)11-16/h4-5,8-9,11-12H,6-7,10H2,1-3H3,(H,27,30)(H,28,29). The van der Waals surface area contributed by atoms with Gasteiger partial charge in [-0.2, -0.15) is 8.78 Å². The maximum atomic E-state index is 15.1. The molecule has 7 nitrogen and oxygen atoms in total. The third kappa shape index (κ3) is 6.63. The van der Waals surface area contributed by atoms with Gasteiger partial charge >= 0.3 is 11.2 Å². The maximum absolute atomic E-state index is 15.1. The average molecular weight is 522 g/mol. The quantitative estimate of drug-likeness (QED) is 0.470. The van der Waals surface area contributed by atoms with Gasteiger partial charge in [0.15, 0.2) is 0 Å². The monoisotopic (exact) mass is 521 g/mol. The summed E-state index contributed by atoms with van der Waals surface area (Å²) in [5.41, 5.74) is -1.93. The summed E-state index contributed by atoms with van der Waals surface area (Å²) in [5, 5.41) is 6.89. The van der Waals surface area contributed by atoms with Crippen LogP contribution in [0, 0.1) is 5.41 Å². The van der Waals surface area contributed by atoms with E-state index >= 15 is 8.78 Å². The van der Waals surface area contributed by atoms with Gasteiger partial charge < -0.3 is 15.2 Å². The van der Waals surface area contributed by atoms with E-state index in [1.165, 1.54) is 24.3 Å². The van der Waals surface area contributed by atoms with Crippen molar-refractivity contribution in [3.05, 3.63) is 52.5 Å². The van der Waals surface area contributed by atoms with Gasteiger partial charge in [0, 0.05) is 16.1 Å². The smallest absolute Gasteiger partial charge is 0.374 e. The molecule has 34 heavy (non-hydrogen) atoms. The molecule has 2 N–H and O–H groups in total. The Morgan fingerprint density at radius 1 is 1.12 bits per heavy atom. The van der Waals surface area contributed by atoms with Crippen LogP contribution in [0.3, 0.4) is 0 Å². The number of carboxylic acid groups (broad SMARTS) is 1. The highest BCUT2D eigenvalue weighted by Crippen LogP contribution is 2.43. The fourth-order valence-corrected chi connectivity index (χ4v) is 3.93. The van der Waals surface area contributed by atoms with Crippen LogP contribution >= 0.6 is 11.6 Å². The molecule has 186 valence electrons. The van der Waals surface area contributed by atoms with Crippen LogP contribution in [0.2, 0.25) is 5.02 Å². The maximum Gasteiger partial charge on any atom is 0.374 e. The van der Waals surface area contributed by atoms with Crippen molar-refractivity contribution in [3.63, 3.8) is 0 Å². The second-order valence-corrected chi connectivity index (χ2v) is 11.0. The molecule has 2 aromatic carbocycles. The molecular weight excluding hydrogens is 499 g/mol. The van der Waals surface area contributed by atoms with E-state index in [1.54, 1.807) is 20.8 Å². The van der Waals surface area contributed by atoms with Crippen molar-refractivity contribution in [1.82, 2.24) is 0 Å². The topological polar surface area (TPSA) is 110 Å². The Balaban J connectivity index is 2.60. The number of rotatable bonds is 9. The molecule has 0 heterocycles. The van der Waals surface area contributed by atoms with Crippen LogP contribution in [-0.4, -0.2) is 37.8 Å². The molecule has 0 fully saturated rings. The molecule has 0 bridgehead atoms. The lowest BCUT2D eigenvalue weighted by atomic mass is 9.95. The SMILES string of the molecule is CC(C)(C)C(=O)Nc1ccc(Oc2cc(Cl)cc(CC(=O)O)c2)c(C(F)(F)S(=O)(=O)CCF)c1. The van der Waals surface area contributed by atoms with Gasteiger partial charge in [-0.05, 0) is 42.0 Å². The first-order valence-corrected chi connectivity index (χ1v) is 11.9. The number of alkyl halides is 3. The van der Waals surface area contributed by atoms with E-state index in [4.69, 9.17) is 21.4 Å². The zero-order valence-electron chi connectivity index (χ0n) is 18.5. The Kier molecular flexibility index (Phi) is 8.26. The van der Waals surface area contributed by atoms with Crippen molar-refractivity contribution in [2.45, 2.75) is 32.4 Å². The molecular formula is C22H23ClF3NO6S. The second-order valence-electron chi connectivity index (χ2n) is 8.41. The Labute approximate surface area is 199 Å². The van der Waals surface area contributed by atoms with Crippen LogP contribution < -0.4 is 10.1 Å². The molecule has 0 spiro atoms. The minimum atomic E-state index is -5.29. The van der Waals surface area contributed by atoms with Crippen LogP contribution in [0.15, 0.2) is 36.4 Å². The summed E-state index contributed by atoms with van der Waals surface area (Å²) in [6, 6.07) is 6.78. The molecule has 0 atom stereocenters. The summed E-state index contributed by atoms with van der Waals surface area (Å²) in [4.78, 5) is 23.3. The molecule has 1 amide bonds. The molecule has 0 radical (unpaired) electrons. The minimum Gasteiger partial charge on any atom is -0.481 e. The van der Waals surface area contributed by atoms with E-state index in [2.05, 4.69) is 5.32 Å². The number of amides is 1. The van der Waals surface area contributed by atoms with Crippen LogP contribution in [0.4, 0.5) is 18.9 Å². The van der Waals surface area contributed by atoms with E-state index in [0.717, 1.165) is 12.1 Å². The van der Waals surface area contributed by atoms with Crippen molar-refractivity contribution in [1.29, 1.82) is 0 Å². The van der Waals surface area contributed by atoms with Gasteiger partial charge in [0.05, 0.1) is 17.7 Å². The first-order valence-electron chi connectivity index (χ1n) is 9.88. The van der Waals surface area contributed by atoms with Crippen molar-refractivity contribution >= 4 is 39.0 Å². The lowest BCUT2D eigenvalue weighted by Gasteiger charge is -2.22. The minimum absolute atomic E-state index is 0.0566. The van der Waals surface area contributed by atoms with Crippen molar-refractivity contribution in [2.24, 2.45) is 5.41 Å². The van der Waals surface area contributed by atoms with E-state index in [9.17, 15) is 22.4 Å². The molecule has 2 aromatic rings. The van der Waals surface area contributed by atoms with E-state index < -0.39 is 62.5 Å². The molecule has 0 aliphatic rings. The molecule has 0 unspecified atom stereocenters. The molecule has 0 aromatic heterocycles. The lowest BCUT2D eigenvalue weighted by Crippen LogP contribution is -2.31. The van der Waals surface area contributed by atoms with Crippen molar-refractivity contribution in [2.75, 3.05) is 17.7 Å². The molecule has 12 heteroatoms. The summed E-state index contributed by atoms with van der Waals surface area (Å²) in [7, 11) is -5.29. The Morgan fingerprint density at radius 2 is 1.76 bits per heavy atom. The number of hydrogen-bond donors (Lipinski definition) is 2. The van der Waals surface area contributed by atoms with Gasteiger partial charge in [-0.3, -0.25) is 9.59 Å². The average Bonchev–Trinajstić information content (AvgIpc) is 2.67. The zero-order chi connectivity index (χ0) is 25.9. The Hall–Kier alpha value is -2.79. The molecule has 0 saturated carbocycles. The Bertz CT molecular complexity index is 1200. The second kappa shape index (κ2) is 10.2. The number of benzene rings is 2. The fraction of sp³-hybridized carbons (Fsp3) is 0.364. The predicted octanol–water partition coefficient (Wildman–Crippen LogP) is 5.18. The number of aliphatic carboxylic acids is 1. The van der Waals surface area contributed by atoms with Gasteiger partial charge in [-0.15, -0.1) is 0 Å². The highest BCUT2D eigenvalue weighted by Gasteiger charge is 2.48. The normalized spacial score (nSPS) is 12.3. The number of sulfone groups is 1. The van der Waals surface area contributed by atoms with E-state index in [-0.39, 0.29) is 22.0 Å². The van der Waals surface area contributed by atoms with Crippen LogP contribution in [0.1, 0.15) is 31.9 Å². The lowest BCUT2D eigenvalue weighted by molar-refractivity contribution is -0.136. The number of carbonyl (C=O) groups excluding carboxylic acids is 1. The summed E-state index contributed by atoms with van der Waals surface area (Å²) in [6.45, 7) is 3.25. The molecule has 0 saturated heterocycles. The first kappa shape index (κ1) is 27.5. The summed E-state index contributed by atoms with van der Waals surface area (Å²) in [6.07, 6.45) is -0.428. The van der Waals surface area contributed by atoms with Crippen LogP contribution in [-0.2, 0) is 31.1 Å². The van der Waals surface area contributed by atoms with Gasteiger partial charge in [0.25, 0.3) is 0 Å². The number of halogens is 4. The van der Waals surface area contributed by atoms with E-state index in [1.807, 2.05) is 0 Å². The van der Waals surface area contributed by atoms with Gasteiger partial charge in [-0.1, -0.05) is 32.4 Å². The number of nitrogens with one attached hydrogen (secondary N) is 1. The number of ether oxygens (including phenoxy) is 1. The Morgan fingerprint density at radius 3 is 2.32 bits per heavy atom. The third-order valence-corrected chi connectivity index (χ3v) is 6.39. The van der Waals surface area contributed by atoms with Crippen molar-refractivity contribution < 1.29 is 41.0 Å². The van der Waals surface area contributed by atoms with Gasteiger partial charge in [0.2, 0.25) is 15.7 Å². The molecule has 0 aliphatic carbocycles. The predicted molar refractivity (Wildman–Crippen MR) is 121 cm³/mol. The first-order chi connectivity index (χ1) is 15.6.